The van der Waals surface area contributed by atoms with Gasteiger partial charge in [-0.25, -0.2) is 0 Å². The summed E-state index contributed by atoms with van der Waals surface area (Å²) in [6.45, 7) is 4.67. The van der Waals surface area contributed by atoms with Gasteiger partial charge in [-0.15, -0.1) is 0 Å². The second-order valence-electron chi connectivity index (χ2n) is 5.17. The zero-order chi connectivity index (χ0) is 11.9. The minimum Gasteiger partial charge on any atom is -0.303 e. The first kappa shape index (κ1) is 13.5. The zero-order valence-corrected chi connectivity index (χ0v) is 10.9. The van der Waals surface area contributed by atoms with Crippen LogP contribution >= 0.6 is 0 Å². The number of aldehydes is 1. The quantitative estimate of drug-likeness (QED) is 0.363. The van der Waals surface area contributed by atoms with Gasteiger partial charge in [0, 0.05) is 6.42 Å². The van der Waals surface area contributed by atoms with Crippen LogP contribution in [0.15, 0.2) is 11.6 Å². The van der Waals surface area contributed by atoms with Gasteiger partial charge in [-0.05, 0) is 43.9 Å². The third kappa shape index (κ3) is 3.77. The Balaban J connectivity index is 2.33. The summed E-state index contributed by atoms with van der Waals surface area (Å²) in [4.78, 5) is 10.2. The van der Waals surface area contributed by atoms with Crippen LogP contribution in [0.5, 0.6) is 0 Å². The molecule has 0 aromatic rings. The molecule has 0 N–H and O–H groups in total. The third-order valence-corrected chi connectivity index (χ3v) is 4.41. The van der Waals surface area contributed by atoms with Crippen molar-refractivity contribution in [3.8, 4) is 0 Å². The maximum Gasteiger partial charge on any atom is 0.120 e. The first-order chi connectivity index (χ1) is 7.76. The maximum absolute atomic E-state index is 10.2. The summed E-state index contributed by atoms with van der Waals surface area (Å²) in [5, 5.41) is 0. The van der Waals surface area contributed by atoms with Gasteiger partial charge in [0.1, 0.15) is 6.29 Å². The number of carbonyl (C=O) groups excluding carboxylic acids is 1. The molecule has 0 atom stereocenters. The van der Waals surface area contributed by atoms with E-state index < -0.39 is 0 Å². The summed E-state index contributed by atoms with van der Waals surface area (Å²) < 4.78 is 0. The van der Waals surface area contributed by atoms with Crippen LogP contribution in [0.3, 0.4) is 0 Å². The fraction of sp³-hybridized carbons (Fsp3) is 0.800. The molecule has 0 aromatic heterocycles. The molecule has 0 heterocycles. The van der Waals surface area contributed by atoms with E-state index in [2.05, 4.69) is 19.9 Å². The SMILES string of the molecule is CCC1(CC)CCC(=CCCCC=O)CC1. The Kier molecular flexibility index (Phi) is 5.79. The minimum absolute atomic E-state index is 0.639. The number of unbranched alkanes of at least 4 members (excludes halogenated alkanes) is 2. The molecule has 0 spiro atoms. The molecule has 0 aromatic carbocycles. The molecule has 1 nitrogen and oxygen atoms in total. The molecule has 0 bridgehead atoms. The second kappa shape index (κ2) is 6.88. The molecule has 0 radical (unpaired) electrons. The van der Waals surface area contributed by atoms with E-state index in [4.69, 9.17) is 0 Å². The Morgan fingerprint density at radius 1 is 1.12 bits per heavy atom. The molecular formula is C15H26O. The van der Waals surface area contributed by atoms with Gasteiger partial charge in [0.15, 0.2) is 0 Å². The molecule has 16 heavy (non-hydrogen) atoms. The highest BCUT2D eigenvalue weighted by Gasteiger charge is 2.29. The summed E-state index contributed by atoms with van der Waals surface area (Å²) in [7, 11) is 0. The fourth-order valence-electron chi connectivity index (χ4n) is 2.77. The van der Waals surface area contributed by atoms with E-state index in [0.717, 1.165) is 25.5 Å². The number of rotatable bonds is 6. The van der Waals surface area contributed by atoms with E-state index in [1.54, 1.807) is 5.57 Å². The average Bonchev–Trinajstić information content (AvgIpc) is 2.36. The summed E-state index contributed by atoms with van der Waals surface area (Å²) in [6.07, 6.45) is 14.3. The van der Waals surface area contributed by atoms with Crippen molar-refractivity contribution in [2.24, 2.45) is 5.41 Å². The van der Waals surface area contributed by atoms with Crippen molar-refractivity contribution in [3.63, 3.8) is 0 Å². The van der Waals surface area contributed by atoms with Crippen LogP contribution in [0, 0.1) is 5.41 Å². The van der Waals surface area contributed by atoms with Crippen LogP contribution in [0.2, 0.25) is 0 Å². The fourth-order valence-corrected chi connectivity index (χ4v) is 2.77. The molecule has 0 aliphatic heterocycles. The maximum atomic E-state index is 10.2. The van der Waals surface area contributed by atoms with Gasteiger partial charge in [0.25, 0.3) is 0 Å². The Bertz CT molecular complexity index is 224. The number of hydrogen-bond acceptors (Lipinski definition) is 1. The van der Waals surface area contributed by atoms with Crippen LogP contribution in [0.1, 0.15) is 71.6 Å². The molecule has 0 unspecified atom stereocenters. The van der Waals surface area contributed by atoms with E-state index in [9.17, 15) is 4.79 Å². The van der Waals surface area contributed by atoms with Crippen LogP contribution in [0.25, 0.3) is 0 Å². The predicted octanol–water partition coefficient (Wildman–Crippen LogP) is 4.66. The summed E-state index contributed by atoms with van der Waals surface area (Å²) >= 11 is 0. The minimum atomic E-state index is 0.639. The van der Waals surface area contributed by atoms with Crippen molar-refractivity contribution in [1.29, 1.82) is 0 Å². The van der Waals surface area contributed by atoms with Crippen molar-refractivity contribution in [2.75, 3.05) is 0 Å². The van der Waals surface area contributed by atoms with E-state index in [0.29, 0.717) is 5.41 Å². The van der Waals surface area contributed by atoms with Crippen molar-refractivity contribution >= 4 is 6.29 Å². The Morgan fingerprint density at radius 2 is 1.75 bits per heavy atom. The Morgan fingerprint density at radius 3 is 2.25 bits per heavy atom. The van der Waals surface area contributed by atoms with Gasteiger partial charge < -0.3 is 4.79 Å². The van der Waals surface area contributed by atoms with Gasteiger partial charge in [-0.2, -0.15) is 0 Å². The molecule has 0 amide bonds. The molecule has 1 fully saturated rings. The van der Waals surface area contributed by atoms with Gasteiger partial charge in [0.05, 0.1) is 0 Å². The molecule has 1 rings (SSSR count). The average molecular weight is 222 g/mol. The molecule has 92 valence electrons. The number of allylic oxidation sites excluding steroid dienone is 2. The lowest BCUT2D eigenvalue weighted by Crippen LogP contribution is -2.22. The van der Waals surface area contributed by atoms with Gasteiger partial charge in [-0.3, -0.25) is 0 Å². The summed E-state index contributed by atoms with van der Waals surface area (Å²) in [5.74, 6) is 0. The first-order valence-electron chi connectivity index (χ1n) is 6.88. The van der Waals surface area contributed by atoms with Crippen LogP contribution in [0.4, 0.5) is 0 Å². The highest BCUT2D eigenvalue weighted by molar-refractivity contribution is 5.49. The van der Waals surface area contributed by atoms with E-state index >= 15 is 0 Å². The summed E-state index contributed by atoms with van der Waals surface area (Å²) in [5.41, 5.74) is 2.28. The monoisotopic (exact) mass is 222 g/mol. The third-order valence-electron chi connectivity index (χ3n) is 4.41. The van der Waals surface area contributed by atoms with Crippen LogP contribution in [-0.2, 0) is 4.79 Å². The van der Waals surface area contributed by atoms with E-state index in [1.165, 1.54) is 38.5 Å². The zero-order valence-electron chi connectivity index (χ0n) is 10.9. The molecule has 0 saturated heterocycles. The Hall–Kier alpha value is -0.590. The van der Waals surface area contributed by atoms with Crippen LogP contribution in [-0.4, -0.2) is 6.29 Å². The van der Waals surface area contributed by atoms with Crippen molar-refractivity contribution in [3.05, 3.63) is 11.6 Å². The largest absolute Gasteiger partial charge is 0.303 e. The molecule has 1 saturated carbocycles. The lowest BCUT2D eigenvalue weighted by molar-refractivity contribution is -0.107. The predicted molar refractivity (Wildman–Crippen MR) is 69.5 cm³/mol. The number of carbonyl (C=O) groups is 1. The van der Waals surface area contributed by atoms with Crippen molar-refractivity contribution in [1.82, 2.24) is 0 Å². The normalized spacial score (nSPS) is 19.5. The second-order valence-corrected chi connectivity index (χ2v) is 5.17. The van der Waals surface area contributed by atoms with Crippen LogP contribution < -0.4 is 0 Å². The van der Waals surface area contributed by atoms with Crippen molar-refractivity contribution in [2.45, 2.75) is 71.6 Å². The molecule has 1 aliphatic rings. The standard InChI is InChI=1S/C15H26O/c1-3-15(4-2)11-9-14(10-12-15)8-6-5-7-13-16/h8,13H,3-7,9-12H2,1-2H3. The topological polar surface area (TPSA) is 17.1 Å². The van der Waals surface area contributed by atoms with Gasteiger partial charge in [-0.1, -0.05) is 38.3 Å². The Labute approximate surface area is 100 Å². The van der Waals surface area contributed by atoms with Crippen molar-refractivity contribution < 1.29 is 4.79 Å². The highest BCUT2D eigenvalue weighted by atomic mass is 16.1. The first-order valence-corrected chi connectivity index (χ1v) is 6.88. The van der Waals surface area contributed by atoms with E-state index in [1.807, 2.05) is 0 Å². The highest BCUT2D eigenvalue weighted by Crippen LogP contribution is 2.43. The molecule has 1 aliphatic carbocycles. The van der Waals surface area contributed by atoms with Gasteiger partial charge in [0.2, 0.25) is 0 Å². The molecular weight excluding hydrogens is 196 g/mol. The lowest BCUT2D eigenvalue weighted by Gasteiger charge is -2.36. The smallest absolute Gasteiger partial charge is 0.120 e. The van der Waals surface area contributed by atoms with Gasteiger partial charge >= 0.3 is 0 Å². The lowest BCUT2D eigenvalue weighted by atomic mass is 9.69. The summed E-state index contributed by atoms with van der Waals surface area (Å²) in [6, 6.07) is 0. The molecule has 1 heteroatoms. The number of hydrogen-bond donors (Lipinski definition) is 0. The van der Waals surface area contributed by atoms with E-state index in [-0.39, 0.29) is 0 Å².